The standard InChI is InChI=1S/C11H11F3N4O2S/c12-7-3-9(13)11(14)10(4-7)17-21(19,20)8-5-16-18(6-8)2-1-15/h3-6,17H,1-2,15H2. The van der Waals surface area contributed by atoms with E-state index in [1.54, 1.807) is 4.72 Å². The van der Waals surface area contributed by atoms with E-state index in [0.29, 0.717) is 18.7 Å². The second-order valence-corrected chi connectivity index (χ2v) is 5.76. The van der Waals surface area contributed by atoms with Crippen molar-refractivity contribution < 1.29 is 21.6 Å². The van der Waals surface area contributed by atoms with Crippen LogP contribution in [-0.2, 0) is 16.6 Å². The first kappa shape index (κ1) is 15.3. The largest absolute Gasteiger partial charge is 0.329 e. The first-order valence-electron chi connectivity index (χ1n) is 5.73. The van der Waals surface area contributed by atoms with Gasteiger partial charge < -0.3 is 5.73 Å². The van der Waals surface area contributed by atoms with Gasteiger partial charge in [-0.3, -0.25) is 9.40 Å². The van der Waals surface area contributed by atoms with Crippen molar-refractivity contribution in [2.45, 2.75) is 11.4 Å². The Hall–Kier alpha value is -2.07. The number of anilines is 1. The summed E-state index contributed by atoms with van der Waals surface area (Å²) in [5.41, 5.74) is 4.48. The Labute approximate surface area is 118 Å². The van der Waals surface area contributed by atoms with Crippen molar-refractivity contribution in [1.29, 1.82) is 0 Å². The van der Waals surface area contributed by atoms with Gasteiger partial charge >= 0.3 is 0 Å². The highest BCUT2D eigenvalue weighted by Gasteiger charge is 2.20. The number of benzene rings is 1. The van der Waals surface area contributed by atoms with Crippen LogP contribution in [-0.4, -0.2) is 24.7 Å². The quantitative estimate of drug-likeness (QED) is 0.806. The van der Waals surface area contributed by atoms with Crippen LogP contribution in [0.15, 0.2) is 29.4 Å². The fourth-order valence-corrected chi connectivity index (χ4v) is 2.57. The number of hydrogen-bond acceptors (Lipinski definition) is 4. The molecule has 10 heteroatoms. The lowest BCUT2D eigenvalue weighted by atomic mass is 10.3. The minimum Gasteiger partial charge on any atom is -0.329 e. The van der Waals surface area contributed by atoms with E-state index < -0.39 is 33.2 Å². The maximum atomic E-state index is 13.4. The highest BCUT2D eigenvalue weighted by molar-refractivity contribution is 7.92. The molecular weight excluding hydrogens is 309 g/mol. The summed E-state index contributed by atoms with van der Waals surface area (Å²) in [4.78, 5) is -0.278. The van der Waals surface area contributed by atoms with Crippen LogP contribution in [0.2, 0.25) is 0 Å². The predicted octanol–water partition coefficient (Wildman–Crippen LogP) is 1.06. The van der Waals surface area contributed by atoms with E-state index in [4.69, 9.17) is 5.73 Å². The maximum absolute atomic E-state index is 13.4. The van der Waals surface area contributed by atoms with E-state index in [2.05, 4.69) is 5.10 Å². The molecule has 1 aromatic heterocycles. The first-order chi connectivity index (χ1) is 9.83. The lowest BCUT2D eigenvalue weighted by Crippen LogP contribution is -2.14. The molecule has 3 N–H and O–H groups in total. The molecule has 0 saturated heterocycles. The van der Waals surface area contributed by atoms with E-state index >= 15 is 0 Å². The van der Waals surface area contributed by atoms with Gasteiger partial charge in [-0.15, -0.1) is 0 Å². The van der Waals surface area contributed by atoms with Crippen molar-refractivity contribution in [3.8, 4) is 0 Å². The van der Waals surface area contributed by atoms with Crippen molar-refractivity contribution in [2.75, 3.05) is 11.3 Å². The Balaban J connectivity index is 2.33. The van der Waals surface area contributed by atoms with E-state index in [1.807, 2.05) is 0 Å². The molecule has 2 aromatic rings. The number of aromatic nitrogens is 2. The smallest absolute Gasteiger partial charge is 0.265 e. The molecule has 0 saturated carbocycles. The maximum Gasteiger partial charge on any atom is 0.265 e. The van der Waals surface area contributed by atoms with Gasteiger partial charge in [0.2, 0.25) is 0 Å². The molecule has 0 aliphatic carbocycles. The molecule has 6 nitrogen and oxygen atoms in total. The first-order valence-corrected chi connectivity index (χ1v) is 7.21. The molecule has 1 aromatic carbocycles. The van der Waals surface area contributed by atoms with Crippen LogP contribution in [0.25, 0.3) is 0 Å². The highest BCUT2D eigenvalue weighted by Crippen LogP contribution is 2.22. The lowest BCUT2D eigenvalue weighted by molar-refractivity contribution is 0.498. The van der Waals surface area contributed by atoms with Crippen molar-refractivity contribution in [1.82, 2.24) is 9.78 Å². The van der Waals surface area contributed by atoms with Gasteiger partial charge in [0.1, 0.15) is 10.7 Å². The summed E-state index contributed by atoms with van der Waals surface area (Å²) in [6.07, 6.45) is 2.19. The number of sulfonamides is 1. The Bertz CT molecular complexity index is 761. The molecule has 0 radical (unpaired) electrons. The molecule has 0 spiro atoms. The van der Waals surface area contributed by atoms with Crippen molar-refractivity contribution in [3.05, 3.63) is 42.0 Å². The molecule has 21 heavy (non-hydrogen) atoms. The molecule has 0 bridgehead atoms. The van der Waals surface area contributed by atoms with Gasteiger partial charge in [0.25, 0.3) is 10.0 Å². The van der Waals surface area contributed by atoms with Crippen LogP contribution in [0.3, 0.4) is 0 Å². The van der Waals surface area contributed by atoms with Crippen LogP contribution in [0.5, 0.6) is 0 Å². The zero-order chi connectivity index (χ0) is 15.6. The topological polar surface area (TPSA) is 90.0 Å². The third kappa shape index (κ3) is 3.34. The summed E-state index contributed by atoms with van der Waals surface area (Å²) in [6.45, 7) is 0.538. The van der Waals surface area contributed by atoms with Crippen LogP contribution >= 0.6 is 0 Å². The summed E-state index contributed by atoms with van der Waals surface area (Å²) < 4.78 is 66.5. The molecule has 0 amide bonds. The van der Waals surface area contributed by atoms with Crippen molar-refractivity contribution in [3.63, 3.8) is 0 Å². The average molecular weight is 320 g/mol. The molecule has 0 atom stereocenters. The summed E-state index contributed by atoms with van der Waals surface area (Å²) in [5.74, 6) is -4.09. The number of nitrogens with one attached hydrogen (secondary N) is 1. The molecule has 0 aliphatic rings. The fourth-order valence-electron chi connectivity index (χ4n) is 1.57. The summed E-state index contributed by atoms with van der Waals surface area (Å²) in [6, 6.07) is 0.854. The van der Waals surface area contributed by atoms with Gasteiger partial charge in [0.15, 0.2) is 11.6 Å². The van der Waals surface area contributed by atoms with Gasteiger partial charge in [-0.2, -0.15) is 5.10 Å². The number of halogens is 3. The SMILES string of the molecule is NCCn1cc(S(=O)(=O)Nc2cc(F)cc(F)c2F)cn1. The monoisotopic (exact) mass is 320 g/mol. The molecule has 1 heterocycles. The van der Waals surface area contributed by atoms with E-state index in [0.717, 1.165) is 6.20 Å². The minimum atomic E-state index is -4.21. The van der Waals surface area contributed by atoms with Crippen LogP contribution < -0.4 is 10.5 Å². The Morgan fingerprint density at radius 3 is 2.67 bits per heavy atom. The Morgan fingerprint density at radius 2 is 2.00 bits per heavy atom. The second kappa shape index (κ2) is 5.74. The van der Waals surface area contributed by atoms with E-state index in [9.17, 15) is 21.6 Å². The number of nitrogens with two attached hydrogens (primary N) is 1. The number of rotatable bonds is 5. The van der Waals surface area contributed by atoms with Gasteiger partial charge in [-0.05, 0) is 0 Å². The minimum absolute atomic E-state index is 0.248. The molecule has 0 fully saturated rings. The van der Waals surface area contributed by atoms with Crippen LogP contribution in [0, 0.1) is 17.5 Å². The Morgan fingerprint density at radius 1 is 1.29 bits per heavy atom. The van der Waals surface area contributed by atoms with Gasteiger partial charge in [0, 0.05) is 24.9 Å². The zero-order valence-electron chi connectivity index (χ0n) is 10.6. The lowest BCUT2D eigenvalue weighted by Gasteiger charge is -2.08. The molecule has 114 valence electrons. The fraction of sp³-hybridized carbons (Fsp3) is 0.182. The molecule has 2 rings (SSSR count). The van der Waals surface area contributed by atoms with Crippen molar-refractivity contribution >= 4 is 15.7 Å². The van der Waals surface area contributed by atoms with Crippen molar-refractivity contribution in [2.24, 2.45) is 5.73 Å². The second-order valence-electron chi connectivity index (χ2n) is 4.08. The van der Waals surface area contributed by atoms with Gasteiger partial charge in [0.05, 0.1) is 18.4 Å². The third-order valence-electron chi connectivity index (χ3n) is 2.52. The average Bonchev–Trinajstić information content (AvgIpc) is 2.85. The zero-order valence-corrected chi connectivity index (χ0v) is 11.4. The van der Waals surface area contributed by atoms with E-state index in [1.165, 1.54) is 10.9 Å². The normalized spacial score (nSPS) is 11.6. The third-order valence-corrected chi connectivity index (χ3v) is 3.84. The molecule has 0 unspecified atom stereocenters. The van der Waals surface area contributed by atoms with Gasteiger partial charge in [-0.25, -0.2) is 21.6 Å². The molecular formula is C11H11F3N4O2S. The number of hydrogen-bond donors (Lipinski definition) is 2. The summed E-state index contributed by atoms with van der Waals surface area (Å²) >= 11 is 0. The summed E-state index contributed by atoms with van der Waals surface area (Å²) in [5, 5.41) is 3.75. The highest BCUT2D eigenvalue weighted by atomic mass is 32.2. The molecule has 0 aliphatic heterocycles. The number of nitrogens with zero attached hydrogens (tertiary/aromatic N) is 2. The van der Waals surface area contributed by atoms with Crippen LogP contribution in [0.4, 0.5) is 18.9 Å². The summed E-state index contributed by atoms with van der Waals surface area (Å²) in [7, 11) is -4.21. The van der Waals surface area contributed by atoms with Crippen LogP contribution in [0.1, 0.15) is 0 Å². The van der Waals surface area contributed by atoms with Gasteiger partial charge in [-0.1, -0.05) is 0 Å². The Kier molecular flexibility index (Phi) is 4.19. The van der Waals surface area contributed by atoms with E-state index in [-0.39, 0.29) is 11.4 Å². The predicted molar refractivity (Wildman–Crippen MR) is 68.4 cm³/mol.